The SMILES string of the molecule is COc1cccc(-c2nc(CSc3nnc(C4CC4)n3-c3ccccc3)cs2)c1OC. The summed E-state index contributed by atoms with van der Waals surface area (Å²) in [4.78, 5) is 4.84. The molecular formula is C23H22N4O2S2. The molecule has 8 heteroatoms. The van der Waals surface area contributed by atoms with E-state index in [4.69, 9.17) is 14.5 Å². The zero-order chi connectivity index (χ0) is 21.2. The summed E-state index contributed by atoms with van der Waals surface area (Å²) in [5, 5.41) is 12.9. The van der Waals surface area contributed by atoms with Crippen molar-refractivity contribution in [1.29, 1.82) is 0 Å². The van der Waals surface area contributed by atoms with Gasteiger partial charge in [-0.1, -0.05) is 36.0 Å². The largest absolute Gasteiger partial charge is 0.493 e. The summed E-state index contributed by atoms with van der Waals surface area (Å²) in [5.41, 5.74) is 3.05. The Labute approximate surface area is 189 Å². The fraction of sp³-hybridized carbons (Fsp3) is 0.261. The number of methoxy groups -OCH3 is 2. The van der Waals surface area contributed by atoms with Gasteiger partial charge in [-0.15, -0.1) is 21.5 Å². The number of hydrogen-bond acceptors (Lipinski definition) is 7. The van der Waals surface area contributed by atoms with Gasteiger partial charge in [-0.2, -0.15) is 0 Å². The van der Waals surface area contributed by atoms with Crippen LogP contribution in [0.2, 0.25) is 0 Å². The molecular weight excluding hydrogens is 428 g/mol. The molecule has 0 aliphatic heterocycles. The van der Waals surface area contributed by atoms with Crippen molar-refractivity contribution in [3.8, 4) is 27.8 Å². The molecule has 1 aliphatic carbocycles. The van der Waals surface area contributed by atoms with E-state index >= 15 is 0 Å². The molecule has 1 fully saturated rings. The highest BCUT2D eigenvalue weighted by Crippen LogP contribution is 2.42. The number of thioether (sulfide) groups is 1. The zero-order valence-electron chi connectivity index (χ0n) is 17.3. The lowest BCUT2D eigenvalue weighted by Crippen LogP contribution is -2.01. The number of benzene rings is 2. The van der Waals surface area contributed by atoms with Crippen LogP contribution in [0.25, 0.3) is 16.3 Å². The van der Waals surface area contributed by atoms with Crippen LogP contribution in [0.5, 0.6) is 11.5 Å². The summed E-state index contributed by atoms with van der Waals surface area (Å²) in [6.45, 7) is 0. The molecule has 1 aliphatic rings. The Morgan fingerprint density at radius 3 is 2.61 bits per heavy atom. The van der Waals surface area contributed by atoms with Gasteiger partial charge >= 0.3 is 0 Å². The van der Waals surface area contributed by atoms with Gasteiger partial charge in [-0.3, -0.25) is 4.57 Å². The molecule has 0 amide bonds. The first-order valence-electron chi connectivity index (χ1n) is 10.1. The van der Waals surface area contributed by atoms with Crippen molar-refractivity contribution >= 4 is 23.1 Å². The van der Waals surface area contributed by atoms with E-state index in [2.05, 4.69) is 44.4 Å². The number of para-hydroxylation sites is 2. The van der Waals surface area contributed by atoms with E-state index < -0.39 is 0 Å². The van der Waals surface area contributed by atoms with Crippen LogP contribution in [-0.4, -0.2) is 34.0 Å². The maximum atomic E-state index is 5.57. The van der Waals surface area contributed by atoms with Gasteiger partial charge in [-0.05, 0) is 37.1 Å². The molecule has 0 spiro atoms. The summed E-state index contributed by atoms with van der Waals surface area (Å²) in [5.74, 6) is 3.71. The summed E-state index contributed by atoms with van der Waals surface area (Å²) in [6, 6.07) is 16.2. The first kappa shape index (κ1) is 20.1. The number of rotatable bonds is 8. The van der Waals surface area contributed by atoms with Crippen LogP contribution in [0.1, 0.15) is 30.3 Å². The van der Waals surface area contributed by atoms with Crippen molar-refractivity contribution < 1.29 is 9.47 Å². The van der Waals surface area contributed by atoms with Crippen molar-refractivity contribution in [2.75, 3.05) is 14.2 Å². The summed E-state index contributed by atoms with van der Waals surface area (Å²) in [6.07, 6.45) is 2.38. The fourth-order valence-corrected chi connectivity index (χ4v) is 5.29. The molecule has 158 valence electrons. The average molecular weight is 451 g/mol. The highest BCUT2D eigenvalue weighted by atomic mass is 32.2. The third-order valence-corrected chi connectivity index (χ3v) is 7.04. The van der Waals surface area contributed by atoms with E-state index in [1.54, 1.807) is 37.3 Å². The Morgan fingerprint density at radius 1 is 1.03 bits per heavy atom. The van der Waals surface area contributed by atoms with Crippen molar-refractivity contribution in [2.24, 2.45) is 0 Å². The van der Waals surface area contributed by atoms with Gasteiger partial charge in [-0.25, -0.2) is 4.98 Å². The smallest absolute Gasteiger partial charge is 0.196 e. The second kappa shape index (κ2) is 8.72. The Kier molecular flexibility index (Phi) is 5.65. The number of thiazole rings is 1. The average Bonchev–Trinajstić information content (AvgIpc) is 3.40. The van der Waals surface area contributed by atoms with Crippen molar-refractivity contribution in [3.63, 3.8) is 0 Å². The summed E-state index contributed by atoms with van der Waals surface area (Å²) >= 11 is 3.27. The molecule has 6 nitrogen and oxygen atoms in total. The zero-order valence-corrected chi connectivity index (χ0v) is 18.9. The Hall–Kier alpha value is -2.84. The fourth-order valence-electron chi connectivity index (χ4n) is 3.49. The molecule has 2 aromatic heterocycles. The third kappa shape index (κ3) is 4.05. The number of nitrogens with zero attached hydrogens (tertiary/aromatic N) is 4. The summed E-state index contributed by atoms with van der Waals surface area (Å²) < 4.78 is 13.2. The number of ether oxygens (including phenoxy) is 2. The second-order valence-corrected chi connectivity index (χ2v) is 9.06. The van der Waals surface area contributed by atoms with Crippen molar-refractivity contribution in [3.05, 3.63) is 65.4 Å². The lowest BCUT2D eigenvalue weighted by atomic mass is 10.2. The van der Waals surface area contributed by atoms with Crippen molar-refractivity contribution in [1.82, 2.24) is 19.7 Å². The molecule has 0 atom stereocenters. The van der Waals surface area contributed by atoms with Crippen molar-refractivity contribution in [2.45, 2.75) is 29.7 Å². The molecule has 5 rings (SSSR count). The molecule has 1 saturated carbocycles. The normalized spacial score (nSPS) is 13.4. The minimum absolute atomic E-state index is 0.522. The van der Waals surface area contributed by atoms with E-state index in [1.165, 1.54) is 12.8 Å². The Morgan fingerprint density at radius 2 is 1.87 bits per heavy atom. The van der Waals surface area contributed by atoms with E-state index in [0.29, 0.717) is 17.4 Å². The minimum Gasteiger partial charge on any atom is -0.493 e. The molecule has 2 heterocycles. The lowest BCUT2D eigenvalue weighted by Gasteiger charge is -2.10. The Balaban J connectivity index is 1.39. The van der Waals surface area contributed by atoms with E-state index in [-0.39, 0.29) is 0 Å². The van der Waals surface area contributed by atoms with Gasteiger partial charge in [0.2, 0.25) is 0 Å². The van der Waals surface area contributed by atoms with Crippen LogP contribution in [-0.2, 0) is 5.75 Å². The lowest BCUT2D eigenvalue weighted by molar-refractivity contribution is 0.356. The number of aromatic nitrogens is 4. The van der Waals surface area contributed by atoms with Crippen LogP contribution in [0, 0.1) is 0 Å². The second-order valence-electron chi connectivity index (χ2n) is 7.26. The van der Waals surface area contributed by atoms with Crippen LogP contribution in [0.15, 0.2) is 59.1 Å². The first-order chi connectivity index (χ1) is 15.3. The van der Waals surface area contributed by atoms with Gasteiger partial charge in [0.05, 0.1) is 25.5 Å². The molecule has 0 N–H and O–H groups in total. The predicted octanol–water partition coefficient (Wildman–Crippen LogP) is 5.58. The van der Waals surface area contributed by atoms with Gasteiger partial charge in [0, 0.05) is 22.7 Å². The maximum absolute atomic E-state index is 5.57. The standard InChI is InChI=1S/C23H22N4O2S2/c1-28-19-10-6-9-18(20(19)29-2)22-24-16(13-30-22)14-31-23-26-25-21(15-11-12-15)27(23)17-7-4-3-5-8-17/h3-10,13,15H,11-12,14H2,1-2H3. The molecule has 0 radical (unpaired) electrons. The van der Waals surface area contributed by atoms with Crippen LogP contribution >= 0.6 is 23.1 Å². The molecule has 4 aromatic rings. The van der Waals surface area contributed by atoms with Gasteiger partial charge in [0.25, 0.3) is 0 Å². The minimum atomic E-state index is 0.522. The highest BCUT2D eigenvalue weighted by Gasteiger charge is 2.31. The quantitative estimate of drug-likeness (QED) is 0.327. The van der Waals surface area contributed by atoms with Crippen LogP contribution in [0.4, 0.5) is 0 Å². The van der Waals surface area contributed by atoms with Gasteiger partial charge < -0.3 is 9.47 Å². The van der Waals surface area contributed by atoms with Gasteiger partial charge in [0.1, 0.15) is 10.8 Å². The molecule has 2 aromatic carbocycles. The van der Waals surface area contributed by atoms with E-state index in [0.717, 1.165) is 38.7 Å². The Bertz CT molecular complexity index is 1190. The van der Waals surface area contributed by atoms with Crippen LogP contribution < -0.4 is 9.47 Å². The van der Waals surface area contributed by atoms with E-state index in [9.17, 15) is 0 Å². The molecule has 31 heavy (non-hydrogen) atoms. The maximum Gasteiger partial charge on any atom is 0.196 e. The number of hydrogen-bond donors (Lipinski definition) is 0. The predicted molar refractivity (Wildman–Crippen MR) is 124 cm³/mol. The first-order valence-corrected chi connectivity index (χ1v) is 11.9. The third-order valence-electron chi connectivity index (χ3n) is 5.15. The summed E-state index contributed by atoms with van der Waals surface area (Å²) in [7, 11) is 3.30. The molecule has 0 saturated heterocycles. The van der Waals surface area contributed by atoms with Crippen LogP contribution in [0.3, 0.4) is 0 Å². The van der Waals surface area contributed by atoms with Gasteiger partial charge in [0.15, 0.2) is 16.7 Å². The molecule has 0 bridgehead atoms. The topological polar surface area (TPSA) is 62.1 Å². The van der Waals surface area contributed by atoms with E-state index in [1.807, 2.05) is 24.3 Å². The highest BCUT2D eigenvalue weighted by molar-refractivity contribution is 7.98. The molecule has 0 unspecified atom stereocenters. The monoisotopic (exact) mass is 450 g/mol.